The minimum absolute atomic E-state index is 0.0959. The van der Waals surface area contributed by atoms with Crippen molar-refractivity contribution >= 4 is 15.5 Å². The largest absolute Gasteiger partial charge is 0.488 e. The maximum Gasteiger partial charge on any atom is 0.269 e. The molecule has 2 heterocycles. The van der Waals surface area contributed by atoms with Crippen LogP contribution in [0.3, 0.4) is 0 Å². The zero-order chi connectivity index (χ0) is 36.1. The van der Waals surface area contributed by atoms with Crippen molar-refractivity contribution in [2.45, 2.75) is 117 Å². The number of rotatable bonds is 3. The Balaban J connectivity index is 0.000000320. The minimum atomic E-state index is -3.44. The van der Waals surface area contributed by atoms with Gasteiger partial charge in [0.1, 0.15) is 11.4 Å². The highest BCUT2D eigenvalue weighted by Gasteiger charge is 2.31. The molecule has 47 heavy (non-hydrogen) atoms. The van der Waals surface area contributed by atoms with Crippen LogP contribution in [0.25, 0.3) is 0 Å². The normalized spacial score (nSPS) is 16.7. The van der Waals surface area contributed by atoms with Gasteiger partial charge >= 0.3 is 0 Å². The molecule has 9 nitrogen and oxygen atoms in total. The molecule has 2 N–H and O–H groups in total. The number of ether oxygens (including phenoxy) is 1. The molecular formula is C37H64N4O5S. The van der Waals surface area contributed by atoms with Gasteiger partial charge in [-0.15, -0.1) is 0 Å². The Morgan fingerprint density at radius 2 is 1.21 bits per heavy atom. The lowest BCUT2D eigenvalue weighted by atomic mass is 9.76. The van der Waals surface area contributed by atoms with Crippen molar-refractivity contribution in [3.63, 3.8) is 0 Å². The Kier molecular flexibility index (Phi) is 16.5. The molecule has 0 radical (unpaired) electrons. The van der Waals surface area contributed by atoms with Crippen LogP contribution >= 0.6 is 0 Å². The van der Waals surface area contributed by atoms with Gasteiger partial charge in [-0.2, -0.15) is 0 Å². The highest BCUT2D eigenvalue weighted by atomic mass is 32.2. The van der Waals surface area contributed by atoms with Gasteiger partial charge < -0.3 is 15.4 Å². The molecule has 0 bridgehead atoms. The fourth-order valence-electron chi connectivity index (χ4n) is 4.97. The standard InChI is InChI=1S/C10H13NO4S.C10H14O.C9H19N.C8H18N2/c1-10(2,3)16(14,15)9-6-4-8(5-7-9)11(12)13;1-10(2,3)11-9-7-5-4-6-8-9;1-9(2,3)8-4-6-10-7-5-8;1-8(2,3)10-6-4-9-5-7-10/h4-7H,1-3H3;4-8H,1-3H3;8,10H,4-7H2,1-3H3;9H,4-7H2,1-3H3. The monoisotopic (exact) mass is 676 g/mol. The molecule has 2 aliphatic rings. The fourth-order valence-corrected chi connectivity index (χ4v) is 6.17. The van der Waals surface area contributed by atoms with Crippen molar-refractivity contribution < 1.29 is 18.1 Å². The predicted molar refractivity (Wildman–Crippen MR) is 196 cm³/mol. The molecule has 0 aliphatic carbocycles. The summed E-state index contributed by atoms with van der Waals surface area (Å²) in [6.45, 7) is 31.9. The predicted octanol–water partition coefficient (Wildman–Crippen LogP) is 7.75. The summed E-state index contributed by atoms with van der Waals surface area (Å²) >= 11 is 0. The highest BCUT2D eigenvalue weighted by Crippen LogP contribution is 2.32. The van der Waals surface area contributed by atoms with Crippen molar-refractivity contribution in [3.8, 4) is 5.75 Å². The van der Waals surface area contributed by atoms with E-state index in [0.29, 0.717) is 11.0 Å². The van der Waals surface area contributed by atoms with E-state index in [9.17, 15) is 18.5 Å². The Morgan fingerprint density at radius 3 is 1.55 bits per heavy atom. The van der Waals surface area contributed by atoms with Crippen LogP contribution in [0.1, 0.15) is 95.9 Å². The Morgan fingerprint density at radius 1 is 0.745 bits per heavy atom. The summed E-state index contributed by atoms with van der Waals surface area (Å²) in [7, 11) is -3.44. The van der Waals surface area contributed by atoms with Crippen LogP contribution in [-0.4, -0.2) is 73.4 Å². The number of nitro groups is 1. The third-order valence-corrected chi connectivity index (χ3v) is 10.5. The number of nitrogens with one attached hydrogen (secondary N) is 2. The molecule has 2 aromatic carbocycles. The van der Waals surface area contributed by atoms with Crippen LogP contribution in [0.2, 0.25) is 0 Å². The molecule has 2 aromatic rings. The van der Waals surface area contributed by atoms with Gasteiger partial charge in [-0.05, 0) is 124 Å². The molecule has 4 rings (SSSR count). The summed E-state index contributed by atoms with van der Waals surface area (Å²) in [5, 5.41) is 17.1. The molecular weight excluding hydrogens is 612 g/mol. The van der Waals surface area contributed by atoms with Crippen LogP contribution in [0.4, 0.5) is 5.69 Å². The number of piperazine rings is 1. The molecule has 0 saturated carbocycles. The molecule has 0 spiro atoms. The number of para-hydroxylation sites is 1. The van der Waals surface area contributed by atoms with Gasteiger partial charge in [0.25, 0.3) is 5.69 Å². The van der Waals surface area contributed by atoms with Gasteiger partial charge in [-0.25, -0.2) is 8.42 Å². The van der Waals surface area contributed by atoms with Crippen molar-refractivity contribution in [2.24, 2.45) is 11.3 Å². The number of hydrogen-bond donors (Lipinski definition) is 2. The average Bonchev–Trinajstić information content (AvgIpc) is 2.97. The first-order valence-electron chi connectivity index (χ1n) is 16.8. The molecule has 2 fully saturated rings. The van der Waals surface area contributed by atoms with Gasteiger partial charge in [-0.3, -0.25) is 15.0 Å². The maximum absolute atomic E-state index is 12.0. The summed E-state index contributed by atoms with van der Waals surface area (Å²) in [6, 6.07) is 14.8. The lowest BCUT2D eigenvalue weighted by molar-refractivity contribution is -0.384. The highest BCUT2D eigenvalue weighted by molar-refractivity contribution is 7.92. The number of benzene rings is 2. The van der Waals surface area contributed by atoms with Gasteiger partial charge in [0.05, 0.1) is 14.6 Å². The minimum Gasteiger partial charge on any atom is -0.488 e. The van der Waals surface area contributed by atoms with Crippen LogP contribution in [-0.2, 0) is 9.84 Å². The van der Waals surface area contributed by atoms with E-state index in [1.807, 2.05) is 51.1 Å². The maximum atomic E-state index is 12.0. The summed E-state index contributed by atoms with van der Waals surface area (Å²) < 4.78 is 28.6. The van der Waals surface area contributed by atoms with E-state index in [1.165, 1.54) is 63.3 Å². The van der Waals surface area contributed by atoms with Gasteiger partial charge in [0.15, 0.2) is 9.84 Å². The third kappa shape index (κ3) is 16.4. The zero-order valence-corrected chi connectivity index (χ0v) is 32.1. The molecule has 2 saturated heterocycles. The molecule has 0 atom stereocenters. The second-order valence-electron chi connectivity index (χ2n) is 16.2. The third-order valence-electron chi connectivity index (χ3n) is 7.96. The first-order valence-corrected chi connectivity index (χ1v) is 18.3. The van der Waals surface area contributed by atoms with Crippen molar-refractivity contribution in [1.29, 1.82) is 0 Å². The molecule has 2 aliphatic heterocycles. The second-order valence-corrected chi connectivity index (χ2v) is 18.9. The van der Waals surface area contributed by atoms with Gasteiger partial charge in [0, 0.05) is 43.9 Å². The molecule has 10 heteroatoms. The van der Waals surface area contributed by atoms with Crippen molar-refractivity contribution in [1.82, 2.24) is 15.5 Å². The fraction of sp³-hybridized carbons (Fsp3) is 0.676. The molecule has 0 unspecified atom stereocenters. The first kappa shape index (κ1) is 42.5. The van der Waals surface area contributed by atoms with E-state index in [2.05, 4.69) is 57.1 Å². The SMILES string of the molecule is CC(C)(C)C1CCNCC1.CC(C)(C)N1CCNCC1.CC(C)(C)Oc1ccccc1.CC(C)(C)S(=O)(=O)c1ccc([N+](=O)[O-])cc1. The first-order chi connectivity index (χ1) is 21.4. The van der Waals surface area contributed by atoms with Crippen molar-refractivity contribution in [2.75, 3.05) is 39.3 Å². The summed E-state index contributed by atoms with van der Waals surface area (Å²) in [6.07, 6.45) is 2.73. The van der Waals surface area contributed by atoms with Crippen molar-refractivity contribution in [3.05, 3.63) is 64.7 Å². The molecule has 0 aromatic heterocycles. The number of non-ortho nitro benzene ring substituents is 1. The van der Waals surface area contributed by atoms with E-state index in [1.54, 1.807) is 20.8 Å². The Bertz CT molecular complexity index is 1250. The second kappa shape index (κ2) is 18.3. The molecule has 268 valence electrons. The Hall–Kier alpha value is -2.53. The summed E-state index contributed by atoms with van der Waals surface area (Å²) in [4.78, 5) is 12.5. The zero-order valence-electron chi connectivity index (χ0n) is 31.3. The van der Waals surface area contributed by atoms with E-state index in [-0.39, 0.29) is 16.2 Å². The van der Waals surface area contributed by atoms with E-state index < -0.39 is 19.5 Å². The van der Waals surface area contributed by atoms with E-state index in [4.69, 9.17) is 4.74 Å². The quantitative estimate of drug-likeness (QED) is 0.251. The number of nitro benzene ring substituents is 1. The average molecular weight is 677 g/mol. The topological polar surface area (TPSA) is 114 Å². The molecule has 0 amide bonds. The van der Waals surface area contributed by atoms with Gasteiger partial charge in [-0.1, -0.05) is 39.0 Å². The van der Waals surface area contributed by atoms with E-state index >= 15 is 0 Å². The Labute approximate surface area is 286 Å². The van der Waals surface area contributed by atoms with Crippen LogP contribution in [0, 0.1) is 21.4 Å². The smallest absolute Gasteiger partial charge is 0.269 e. The lowest BCUT2D eigenvalue weighted by Gasteiger charge is -2.38. The number of piperidine rings is 1. The number of hydrogen-bond acceptors (Lipinski definition) is 8. The summed E-state index contributed by atoms with van der Waals surface area (Å²) in [5.41, 5.74) is 0.679. The lowest BCUT2D eigenvalue weighted by Crippen LogP contribution is -2.51. The van der Waals surface area contributed by atoms with Crippen LogP contribution in [0.5, 0.6) is 5.75 Å². The van der Waals surface area contributed by atoms with Crippen LogP contribution in [0.15, 0.2) is 59.5 Å². The summed E-state index contributed by atoms with van der Waals surface area (Å²) in [5.74, 6) is 1.87. The van der Waals surface area contributed by atoms with Gasteiger partial charge in [0.2, 0.25) is 0 Å². The number of nitrogens with zero attached hydrogens (tertiary/aromatic N) is 2. The number of sulfone groups is 1. The van der Waals surface area contributed by atoms with E-state index in [0.717, 1.165) is 24.8 Å². The van der Waals surface area contributed by atoms with Crippen LogP contribution < -0.4 is 15.4 Å².